The van der Waals surface area contributed by atoms with Gasteiger partial charge in [-0.2, -0.15) is 0 Å². The summed E-state index contributed by atoms with van der Waals surface area (Å²) in [6, 6.07) is 7.50. The van der Waals surface area contributed by atoms with Crippen molar-refractivity contribution in [3.8, 4) is 5.75 Å². The molecule has 0 amide bonds. The lowest BCUT2D eigenvalue weighted by molar-refractivity contribution is 0.0676. The lowest BCUT2D eigenvalue weighted by atomic mass is 10.1. The predicted molar refractivity (Wildman–Crippen MR) is 51.5 cm³/mol. The maximum atomic E-state index is 9.37. The number of hydrogen-bond acceptors (Lipinski definition) is 3. The van der Waals surface area contributed by atoms with Crippen molar-refractivity contribution < 1.29 is 9.84 Å². The second kappa shape index (κ2) is 3.77. The largest absolute Gasteiger partial charge is 0.497 e. The van der Waals surface area contributed by atoms with Crippen molar-refractivity contribution in [2.75, 3.05) is 7.11 Å². The molecule has 1 aromatic rings. The molecule has 1 aromatic carbocycles. The summed E-state index contributed by atoms with van der Waals surface area (Å²) in [5.74, 6) is 0.779. The summed E-state index contributed by atoms with van der Waals surface area (Å²) in [7, 11) is 1.61. The fourth-order valence-corrected chi connectivity index (χ4v) is 1.20. The van der Waals surface area contributed by atoms with E-state index in [9.17, 15) is 5.11 Å². The van der Waals surface area contributed by atoms with Crippen molar-refractivity contribution in [1.82, 2.24) is 0 Å². The Morgan fingerprint density at radius 3 is 2.77 bits per heavy atom. The SMILES string of the molecule is COc1cccc(C[C@@](C)(N)O)c1. The molecule has 0 unspecified atom stereocenters. The summed E-state index contributed by atoms with van der Waals surface area (Å²) < 4.78 is 5.05. The van der Waals surface area contributed by atoms with Gasteiger partial charge in [0.25, 0.3) is 0 Å². The standard InChI is InChI=1S/C10H15NO2/c1-10(11,12)7-8-4-3-5-9(6-8)13-2/h3-6,12H,7,11H2,1-2H3/t10-/m0/s1. The van der Waals surface area contributed by atoms with E-state index in [1.165, 1.54) is 0 Å². The number of methoxy groups -OCH3 is 1. The lowest BCUT2D eigenvalue weighted by Crippen LogP contribution is -2.37. The van der Waals surface area contributed by atoms with Crippen LogP contribution < -0.4 is 10.5 Å². The minimum atomic E-state index is -1.16. The first-order chi connectivity index (χ1) is 6.01. The molecule has 3 heteroatoms. The zero-order valence-corrected chi connectivity index (χ0v) is 7.95. The zero-order valence-electron chi connectivity index (χ0n) is 7.95. The summed E-state index contributed by atoms with van der Waals surface area (Å²) in [4.78, 5) is 0. The van der Waals surface area contributed by atoms with E-state index in [1.54, 1.807) is 14.0 Å². The molecular weight excluding hydrogens is 166 g/mol. The zero-order chi connectivity index (χ0) is 9.90. The summed E-state index contributed by atoms with van der Waals surface area (Å²) in [5, 5.41) is 9.37. The molecule has 0 aliphatic rings. The summed E-state index contributed by atoms with van der Waals surface area (Å²) in [5.41, 5.74) is 5.28. The maximum absolute atomic E-state index is 9.37. The van der Waals surface area contributed by atoms with Crippen molar-refractivity contribution in [2.45, 2.75) is 19.1 Å². The van der Waals surface area contributed by atoms with Gasteiger partial charge in [0.1, 0.15) is 11.5 Å². The normalized spacial score (nSPS) is 15.1. The maximum Gasteiger partial charge on any atom is 0.119 e. The number of aliphatic hydroxyl groups is 1. The number of rotatable bonds is 3. The van der Waals surface area contributed by atoms with Crippen molar-refractivity contribution >= 4 is 0 Å². The lowest BCUT2D eigenvalue weighted by Gasteiger charge is -2.17. The van der Waals surface area contributed by atoms with Gasteiger partial charge in [-0.05, 0) is 24.6 Å². The molecule has 0 aromatic heterocycles. The smallest absolute Gasteiger partial charge is 0.119 e. The molecule has 0 aliphatic heterocycles. The molecule has 0 aliphatic carbocycles. The van der Waals surface area contributed by atoms with E-state index >= 15 is 0 Å². The molecule has 0 fully saturated rings. The molecular formula is C10H15NO2. The van der Waals surface area contributed by atoms with Crippen LogP contribution in [0.15, 0.2) is 24.3 Å². The molecule has 1 rings (SSSR count). The summed E-state index contributed by atoms with van der Waals surface area (Å²) in [6.45, 7) is 1.58. The van der Waals surface area contributed by atoms with Gasteiger partial charge in [0, 0.05) is 6.42 Å². The van der Waals surface area contributed by atoms with Gasteiger partial charge in [0.15, 0.2) is 0 Å². The third-order valence-electron chi connectivity index (χ3n) is 1.70. The second-order valence-electron chi connectivity index (χ2n) is 3.39. The average molecular weight is 181 g/mol. The van der Waals surface area contributed by atoms with Gasteiger partial charge >= 0.3 is 0 Å². The first-order valence-corrected chi connectivity index (χ1v) is 4.15. The Labute approximate surface area is 78.1 Å². The van der Waals surface area contributed by atoms with Crippen molar-refractivity contribution in [3.05, 3.63) is 29.8 Å². The van der Waals surface area contributed by atoms with Crippen LogP contribution in [0.2, 0.25) is 0 Å². The Kier molecular flexibility index (Phi) is 2.90. The summed E-state index contributed by atoms with van der Waals surface area (Å²) in [6.07, 6.45) is 0.421. The van der Waals surface area contributed by atoms with Crippen molar-refractivity contribution in [2.24, 2.45) is 5.73 Å². The Morgan fingerprint density at radius 2 is 2.23 bits per heavy atom. The number of hydrogen-bond donors (Lipinski definition) is 2. The van der Waals surface area contributed by atoms with E-state index in [2.05, 4.69) is 0 Å². The Morgan fingerprint density at radius 1 is 1.54 bits per heavy atom. The Bertz CT molecular complexity index is 278. The van der Waals surface area contributed by atoms with Gasteiger partial charge in [-0.15, -0.1) is 0 Å². The minimum absolute atomic E-state index is 0.421. The summed E-state index contributed by atoms with van der Waals surface area (Å²) >= 11 is 0. The van der Waals surface area contributed by atoms with E-state index in [0.29, 0.717) is 6.42 Å². The van der Waals surface area contributed by atoms with Gasteiger partial charge < -0.3 is 15.6 Å². The number of ether oxygens (including phenoxy) is 1. The molecule has 72 valence electrons. The minimum Gasteiger partial charge on any atom is -0.497 e. The average Bonchev–Trinajstić information content (AvgIpc) is 2.01. The van der Waals surface area contributed by atoms with Crippen LogP contribution in [-0.4, -0.2) is 17.9 Å². The van der Waals surface area contributed by atoms with Crippen LogP contribution >= 0.6 is 0 Å². The number of benzene rings is 1. The quantitative estimate of drug-likeness (QED) is 0.681. The fraction of sp³-hybridized carbons (Fsp3) is 0.400. The Balaban J connectivity index is 2.78. The predicted octanol–water partition coefficient (Wildman–Crippen LogP) is 0.905. The molecule has 1 atom stereocenters. The highest BCUT2D eigenvalue weighted by atomic mass is 16.5. The molecule has 0 saturated heterocycles. The first-order valence-electron chi connectivity index (χ1n) is 4.15. The highest BCUT2D eigenvalue weighted by molar-refractivity contribution is 5.29. The van der Waals surface area contributed by atoms with Crippen LogP contribution in [0.4, 0.5) is 0 Å². The van der Waals surface area contributed by atoms with E-state index < -0.39 is 5.72 Å². The van der Waals surface area contributed by atoms with Crippen LogP contribution in [0.5, 0.6) is 5.75 Å². The molecule has 3 N–H and O–H groups in total. The molecule has 0 spiro atoms. The number of nitrogens with two attached hydrogens (primary N) is 1. The third kappa shape index (κ3) is 3.44. The topological polar surface area (TPSA) is 55.5 Å². The molecule has 0 saturated carbocycles. The van der Waals surface area contributed by atoms with E-state index in [0.717, 1.165) is 11.3 Å². The molecule has 0 radical (unpaired) electrons. The van der Waals surface area contributed by atoms with Gasteiger partial charge in [0.2, 0.25) is 0 Å². The fourth-order valence-electron chi connectivity index (χ4n) is 1.20. The first kappa shape index (κ1) is 10.0. The molecule has 13 heavy (non-hydrogen) atoms. The van der Waals surface area contributed by atoms with Crippen LogP contribution in [0.3, 0.4) is 0 Å². The van der Waals surface area contributed by atoms with E-state index in [4.69, 9.17) is 10.5 Å². The van der Waals surface area contributed by atoms with E-state index in [-0.39, 0.29) is 0 Å². The van der Waals surface area contributed by atoms with Crippen molar-refractivity contribution in [1.29, 1.82) is 0 Å². The van der Waals surface area contributed by atoms with Gasteiger partial charge in [-0.1, -0.05) is 12.1 Å². The van der Waals surface area contributed by atoms with Gasteiger partial charge in [0.05, 0.1) is 7.11 Å². The molecule has 0 heterocycles. The molecule has 0 bridgehead atoms. The van der Waals surface area contributed by atoms with Gasteiger partial charge in [-0.3, -0.25) is 0 Å². The van der Waals surface area contributed by atoms with Gasteiger partial charge in [-0.25, -0.2) is 0 Å². The van der Waals surface area contributed by atoms with Crippen LogP contribution in [0, 0.1) is 0 Å². The van der Waals surface area contributed by atoms with E-state index in [1.807, 2.05) is 24.3 Å². The second-order valence-corrected chi connectivity index (χ2v) is 3.39. The highest BCUT2D eigenvalue weighted by Gasteiger charge is 2.13. The molecule has 3 nitrogen and oxygen atoms in total. The third-order valence-corrected chi connectivity index (χ3v) is 1.70. The van der Waals surface area contributed by atoms with Crippen LogP contribution in [0.1, 0.15) is 12.5 Å². The van der Waals surface area contributed by atoms with Crippen molar-refractivity contribution in [3.63, 3.8) is 0 Å². The highest BCUT2D eigenvalue weighted by Crippen LogP contribution is 2.15. The van der Waals surface area contributed by atoms with Crippen LogP contribution in [0.25, 0.3) is 0 Å². The van der Waals surface area contributed by atoms with Crippen LogP contribution in [-0.2, 0) is 6.42 Å². The Hall–Kier alpha value is -1.06. The monoisotopic (exact) mass is 181 g/mol.